The molecule has 4 heteroatoms. The molecule has 0 fully saturated rings. The number of aromatic nitrogens is 1. The lowest BCUT2D eigenvalue weighted by atomic mass is 10.1. The second kappa shape index (κ2) is 6.52. The molecule has 106 valence electrons. The Bertz CT molecular complexity index is 683. The van der Waals surface area contributed by atoms with Gasteiger partial charge in [0.15, 0.2) is 0 Å². The number of rotatable bonds is 5. The van der Waals surface area contributed by atoms with Gasteiger partial charge in [0, 0.05) is 18.0 Å². The van der Waals surface area contributed by atoms with Crippen LogP contribution in [0, 0.1) is 0 Å². The van der Waals surface area contributed by atoms with Gasteiger partial charge < -0.3 is 9.84 Å². The molecule has 3 aromatic rings. The predicted octanol–water partition coefficient (Wildman–Crippen LogP) is 4.21. The van der Waals surface area contributed by atoms with Gasteiger partial charge in [0.25, 0.3) is 0 Å². The zero-order valence-electron chi connectivity index (χ0n) is 11.3. The van der Waals surface area contributed by atoms with E-state index in [4.69, 9.17) is 4.74 Å². The van der Waals surface area contributed by atoms with E-state index >= 15 is 0 Å². The van der Waals surface area contributed by atoms with Crippen molar-refractivity contribution in [1.82, 2.24) is 4.98 Å². The summed E-state index contributed by atoms with van der Waals surface area (Å²) in [7, 11) is 0. The number of ether oxygens (including phenoxy) is 1. The van der Waals surface area contributed by atoms with Crippen molar-refractivity contribution in [2.75, 3.05) is 0 Å². The quantitative estimate of drug-likeness (QED) is 0.767. The highest BCUT2D eigenvalue weighted by Gasteiger charge is 2.11. The molecule has 2 aromatic carbocycles. The van der Waals surface area contributed by atoms with E-state index in [-0.39, 0.29) is 0 Å². The smallest absolute Gasteiger partial charge is 0.127 e. The lowest BCUT2D eigenvalue weighted by Gasteiger charge is -2.11. The van der Waals surface area contributed by atoms with E-state index in [0.717, 1.165) is 22.1 Å². The topological polar surface area (TPSA) is 42.4 Å². The van der Waals surface area contributed by atoms with Crippen LogP contribution in [0.2, 0.25) is 0 Å². The molecule has 1 heterocycles. The highest BCUT2D eigenvalue weighted by Crippen LogP contribution is 2.26. The highest BCUT2D eigenvalue weighted by atomic mass is 32.1. The van der Waals surface area contributed by atoms with Crippen molar-refractivity contribution < 1.29 is 9.84 Å². The Labute approximate surface area is 127 Å². The molecular weight excluding hydrogens is 282 g/mol. The largest absolute Gasteiger partial charge is 0.457 e. The van der Waals surface area contributed by atoms with Gasteiger partial charge in [-0.3, -0.25) is 0 Å². The van der Waals surface area contributed by atoms with Gasteiger partial charge in [-0.15, -0.1) is 11.3 Å². The fraction of sp³-hybridized carbons (Fsp3) is 0.118. The molecule has 1 N–H and O–H groups in total. The molecule has 1 unspecified atom stereocenters. The SMILES string of the molecule is OC(Cc1nccs1)c1cccc(Oc2ccccc2)c1. The van der Waals surface area contributed by atoms with E-state index < -0.39 is 6.10 Å². The Morgan fingerprint density at radius 2 is 1.86 bits per heavy atom. The van der Waals surface area contributed by atoms with E-state index in [1.807, 2.05) is 60.0 Å². The van der Waals surface area contributed by atoms with Crippen LogP contribution in [0.15, 0.2) is 66.2 Å². The fourth-order valence-electron chi connectivity index (χ4n) is 2.05. The van der Waals surface area contributed by atoms with E-state index in [9.17, 15) is 5.11 Å². The van der Waals surface area contributed by atoms with Crippen LogP contribution in [-0.4, -0.2) is 10.1 Å². The summed E-state index contributed by atoms with van der Waals surface area (Å²) in [6.07, 6.45) is 1.70. The number of para-hydroxylation sites is 1. The van der Waals surface area contributed by atoms with Crippen molar-refractivity contribution in [3.05, 3.63) is 76.7 Å². The number of hydrogen-bond donors (Lipinski definition) is 1. The molecular formula is C17H15NO2S. The first-order valence-electron chi connectivity index (χ1n) is 6.70. The number of hydrogen-bond acceptors (Lipinski definition) is 4. The number of aliphatic hydroxyl groups is 1. The zero-order chi connectivity index (χ0) is 14.5. The average molecular weight is 297 g/mol. The van der Waals surface area contributed by atoms with Crippen LogP contribution in [0.1, 0.15) is 16.7 Å². The minimum absolute atomic E-state index is 0.520. The van der Waals surface area contributed by atoms with Gasteiger partial charge in [-0.2, -0.15) is 0 Å². The maximum absolute atomic E-state index is 10.3. The third-order valence-corrected chi connectivity index (χ3v) is 3.88. The molecule has 3 nitrogen and oxygen atoms in total. The molecule has 0 radical (unpaired) electrons. The van der Waals surface area contributed by atoms with Gasteiger partial charge in [0.2, 0.25) is 0 Å². The van der Waals surface area contributed by atoms with Crippen LogP contribution < -0.4 is 4.74 Å². The summed E-state index contributed by atoms with van der Waals surface area (Å²) in [5.74, 6) is 1.50. The normalized spacial score (nSPS) is 12.0. The second-order valence-electron chi connectivity index (χ2n) is 4.63. The molecule has 0 spiro atoms. The van der Waals surface area contributed by atoms with E-state index in [1.165, 1.54) is 0 Å². The molecule has 0 saturated heterocycles. The van der Waals surface area contributed by atoms with Crippen LogP contribution in [0.5, 0.6) is 11.5 Å². The first-order chi connectivity index (χ1) is 10.3. The molecule has 0 saturated carbocycles. The second-order valence-corrected chi connectivity index (χ2v) is 5.61. The van der Waals surface area contributed by atoms with Gasteiger partial charge in [-0.25, -0.2) is 4.98 Å². The molecule has 0 amide bonds. The lowest BCUT2D eigenvalue weighted by Crippen LogP contribution is -2.01. The summed E-state index contributed by atoms with van der Waals surface area (Å²) >= 11 is 1.55. The number of nitrogens with zero attached hydrogens (tertiary/aromatic N) is 1. The number of thiazole rings is 1. The van der Waals surface area contributed by atoms with Crippen molar-refractivity contribution in [2.45, 2.75) is 12.5 Å². The summed E-state index contributed by atoms with van der Waals surface area (Å²) in [5, 5.41) is 13.1. The number of benzene rings is 2. The van der Waals surface area contributed by atoms with Crippen molar-refractivity contribution in [3.63, 3.8) is 0 Å². The van der Waals surface area contributed by atoms with Gasteiger partial charge in [0.05, 0.1) is 11.1 Å². The molecule has 0 aliphatic heterocycles. The Hall–Kier alpha value is -2.17. The van der Waals surface area contributed by atoms with Gasteiger partial charge in [-0.05, 0) is 29.8 Å². The van der Waals surface area contributed by atoms with Crippen LogP contribution in [0.4, 0.5) is 0 Å². The Morgan fingerprint density at radius 1 is 1.05 bits per heavy atom. The zero-order valence-corrected chi connectivity index (χ0v) is 12.2. The first-order valence-corrected chi connectivity index (χ1v) is 7.58. The maximum atomic E-state index is 10.3. The van der Waals surface area contributed by atoms with Crippen molar-refractivity contribution >= 4 is 11.3 Å². The van der Waals surface area contributed by atoms with Crippen molar-refractivity contribution in [1.29, 1.82) is 0 Å². The minimum Gasteiger partial charge on any atom is -0.457 e. The molecule has 0 bridgehead atoms. The predicted molar refractivity (Wildman–Crippen MR) is 83.7 cm³/mol. The molecule has 0 aliphatic rings. The Kier molecular flexibility index (Phi) is 4.28. The van der Waals surface area contributed by atoms with Crippen LogP contribution in [0.3, 0.4) is 0 Å². The summed E-state index contributed by atoms with van der Waals surface area (Å²) in [6.45, 7) is 0. The van der Waals surface area contributed by atoms with Crippen LogP contribution in [0.25, 0.3) is 0 Å². The van der Waals surface area contributed by atoms with Crippen LogP contribution >= 0.6 is 11.3 Å². The molecule has 1 atom stereocenters. The van der Waals surface area contributed by atoms with E-state index in [2.05, 4.69) is 4.98 Å². The monoisotopic (exact) mass is 297 g/mol. The summed E-state index contributed by atoms with van der Waals surface area (Å²) in [6, 6.07) is 17.1. The van der Waals surface area contributed by atoms with Gasteiger partial charge in [0.1, 0.15) is 11.5 Å². The minimum atomic E-state index is -0.574. The molecule has 3 rings (SSSR count). The summed E-state index contributed by atoms with van der Waals surface area (Å²) in [4.78, 5) is 4.20. The van der Waals surface area contributed by atoms with E-state index in [1.54, 1.807) is 17.5 Å². The summed E-state index contributed by atoms with van der Waals surface area (Å²) in [5.41, 5.74) is 0.832. The number of aliphatic hydroxyl groups excluding tert-OH is 1. The standard InChI is InChI=1S/C17H15NO2S/c19-16(12-17-18-9-10-21-17)13-5-4-8-15(11-13)20-14-6-2-1-3-7-14/h1-11,16,19H,12H2. The van der Waals surface area contributed by atoms with Gasteiger partial charge >= 0.3 is 0 Å². The van der Waals surface area contributed by atoms with E-state index in [0.29, 0.717) is 6.42 Å². The summed E-state index contributed by atoms with van der Waals surface area (Å²) < 4.78 is 5.78. The first kappa shape index (κ1) is 13.8. The van der Waals surface area contributed by atoms with Crippen LogP contribution in [-0.2, 0) is 6.42 Å². The van der Waals surface area contributed by atoms with Gasteiger partial charge in [-0.1, -0.05) is 30.3 Å². The fourth-order valence-corrected chi connectivity index (χ4v) is 2.70. The highest BCUT2D eigenvalue weighted by molar-refractivity contribution is 7.09. The molecule has 0 aliphatic carbocycles. The third-order valence-electron chi connectivity index (χ3n) is 3.07. The third kappa shape index (κ3) is 3.68. The average Bonchev–Trinajstić information content (AvgIpc) is 3.01. The van der Waals surface area contributed by atoms with Crippen molar-refractivity contribution in [3.8, 4) is 11.5 Å². The molecule has 21 heavy (non-hydrogen) atoms. The Morgan fingerprint density at radius 3 is 2.62 bits per heavy atom. The Balaban J connectivity index is 1.73. The molecule has 1 aromatic heterocycles. The maximum Gasteiger partial charge on any atom is 0.127 e. The lowest BCUT2D eigenvalue weighted by molar-refractivity contribution is 0.178. The van der Waals surface area contributed by atoms with Crippen molar-refractivity contribution in [2.24, 2.45) is 0 Å².